The number of hydrogen-bond donors (Lipinski definition) is 1. The Morgan fingerprint density at radius 3 is 2.24 bits per heavy atom. The molecule has 21 heavy (non-hydrogen) atoms. The normalized spacial score (nSPS) is 11.8. The second kappa shape index (κ2) is 4.77. The Kier molecular flexibility index (Phi) is 3.05. The molecule has 2 N–H and O–H groups in total. The zero-order valence-electron chi connectivity index (χ0n) is 10.9. The predicted octanol–water partition coefficient (Wildman–Crippen LogP) is 4.50. The number of hydrogen-bond acceptors (Lipinski definition) is 2. The fourth-order valence-corrected chi connectivity index (χ4v) is 2.21. The standard InChI is InChI=1S/C16H11F3N2/c17-16(18,19)15-9-13(20)12-8-11(6-7-14(12)21-15)10-4-2-1-3-5-10/h1-9H,(H2,20,21). The van der Waals surface area contributed by atoms with Gasteiger partial charge in [0.2, 0.25) is 0 Å². The van der Waals surface area contributed by atoms with Gasteiger partial charge in [0.05, 0.1) is 5.52 Å². The van der Waals surface area contributed by atoms with E-state index < -0.39 is 11.9 Å². The first-order chi connectivity index (χ1) is 9.95. The molecule has 0 amide bonds. The van der Waals surface area contributed by atoms with Crippen molar-refractivity contribution in [2.24, 2.45) is 0 Å². The van der Waals surface area contributed by atoms with Crippen molar-refractivity contribution in [3.05, 3.63) is 60.3 Å². The largest absolute Gasteiger partial charge is 0.433 e. The minimum absolute atomic E-state index is 0.0742. The molecular weight excluding hydrogens is 277 g/mol. The van der Waals surface area contributed by atoms with Crippen molar-refractivity contribution in [1.29, 1.82) is 0 Å². The Morgan fingerprint density at radius 2 is 1.57 bits per heavy atom. The lowest BCUT2D eigenvalue weighted by molar-refractivity contribution is -0.140. The topological polar surface area (TPSA) is 38.9 Å². The molecule has 3 aromatic rings. The first kappa shape index (κ1) is 13.4. The molecular formula is C16H11F3N2. The van der Waals surface area contributed by atoms with Crippen molar-refractivity contribution >= 4 is 16.6 Å². The zero-order valence-corrected chi connectivity index (χ0v) is 10.9. The number of fused-ring (bicyclic) bond motifs is 1. The molecule has 0 atom stereocenters. The van der Waals surface area contributed by atoms with Gasteiger partial charge in [-0.15, -0.1) is 0 Å². The number of nitrogen functional groups attached to an aromatic ring is 1. The van der Waals surface area contributed by atoms with E-state index in [-0.39, 0.29) is 11.2 Å². The summed E-state index contributed by atoms with van der Waals surface area (Å²) < 4.78 is 38.2. The number of alkyl halides is 3. The lowest BCUT2D eigenvalue weighted by atomic mass is 10.0. The molecule has 0 radical (unpaired) electrons. The Labute approximate surface area is 119 Å². The van der Waals surface area contributed by atoms with E-state index in [1.807, 2.05) is 30.3 Å². The molecule has 0 aliphatic carbocycles. The van der Waals surface area contributed by atoms with Crippen molar-refractivity contribution in [3.63, 3.8) is 0 Å². The van der Waals surface area contributed by atoms with E-state index in [2.05, 4.69) is 4.98 Å². The average molecular weight is 288 g/mol. The van der Waals surface area contributed by atoms with Crippen molar-refractivity contribution in [2.75, 3.05) is 5.73 Å². The molecule has 2 aromatic carbocycles. The molecule has 0 saturated carbocycles. The lowest BCUT2D eigenvalue weighted by Gasteiger charge is -2.10. The summed E-state index contributed by atoms with van der Waals surface area (Å²) in [6, 6.07) is 15.5. The van der Waals surface area contributed by atoms with Crippen molar-refractivity contribution in [3.8, 4) is 11.1 Å². The average Bonchev–Trinajstić information content (AvgIpc) is 2.47. The zero-order chi connectivity index (χ0) is 15.0. The monoisotopic (exact) mass is 288 g/mol. The van der Waals surface area contributed by atoms with Crippen LogP contribution in [0.5, 0.6) is 0 Å². The summed E-state index contributed by atoms with van der Waals surface area (Å²) in [7, 11) is 0. The lowest BCUT2D eigenvalue weighted by Crippen LogP contribution is -2.09. The molecule has 5 heteroatoms. The fraction of sp³-hybridized carbons (Fsp3) is 0.0625. The summed E-state index contributed by atoms with van der Waals surface area (Å²) in [4.78, 5) is 3.64. The van der Waals surface area contributed by atoms with Crippen LogP contribution in [0.1, 0.15) is 5.69 Å². The van der Waals surface area contributed by atoms with Gasteiger partial charge in [-0.2, -0.15) is 13.2 Å². The third kappa shape index (κ3) is 2.54. The minimum Gasteiger partial charge on any atom is -0.398 e. The molecule has 0 aliphatic rings. The van der Waals surface area contributed by atoms with Gasteiger partial charge in [-0.1, -0.05) is 36.4 Å². The van der Waals surface area contributed by atoms with Crippen molar-refractivity contribution < 1.29 is 13.2 Å². The number of pyridine rings is 1. The predicted molar refractivity (Wildman–Crippen MR) is 76.6 cm³/mol. The Balaban J connectivity index is 2.18. The highest BCUT2D eigenvalue weighted by molar-refractivity contribution is 5.93. The van der Waals surface area contributed by atoms with E-state index in [0.717, 1.165) is 17.2 Å². The number of rotatable bonds is 1. The van der Waals surface area contributed by atoms with Crippen molar-refractivity contribution in [1.82, 2.24) is 4.98 Å². The summed E-state index contributed by atoms with van der Waals surface area (Å²) >= 11 is 0. The second-order valence-corrected chi connectivity index (χ2v) is 4.69. The molecule has 0 fully saturated rings. The van der Waals surface area contributed by atoms with Gasteiger partial charge >= 0.3 is 6.18 Å². The van der Waals surface area contributed by atoms with Crippen LogP contribution in [0.4, 0.5) is 18.9 Å². The second-order valence-electron chi connectivity index (χ2n) is 4.69. The van der Waals surface area contributed by atoms with Gasteiger partial charge < -0.3 is 5.73 Å². The van der Waals surface area contributed by atoms with Gasteiger partial charge in [0.1, 0.15) is 5.69 Å². The maximum absolute atomic E-state index is 12.7. The van der Waals surface area contributed by atoms with Gasteiger partial charge in [-0.05, 0) is 29.3 Å². The van der Waals surface area contributed by atoms with Crippen molar-refractivity contribution in [2.45, 2.75) is 6.18 Å². The van der Waals surface area contributed by atoms with E-state index in [9.17, 15) is 13.2 Å². The van der Waals surface area contributed by atoms with Gasteiger partial charge in [0.25, 0.3) is 0 Å². The van der Waals surface area contributed by atoms with Gasteiger partial charge in [-0.3, -0.25) is 0 Å². The van der Waals surface area contributed by atoms with E-state index in [0.29, 0.717) is 5.39 Å². The molecule has 1 heterocycles. The molecule has 0 spiro atoms. The Hall–Kier alpha value is -2.56. The fourth-order valence-electron chi connectivity index (χ4n) is 2.21. The maximum atomic E-state index is 12.7. The highest BCUT2D eigenvalue weighted by Crippen LogP contribution is 2.33. The highest BCUT2D eigenvalue weighted by atomic mass is 19.4. The molecule has 1 aromatic heterocycles. The number of halogens is 3. The van der Waals surface area contributed by atoms with Gasteiger partial charge in [0, 0.05) is 11.1 Å². The molecule has 0 unspecified atom stereocenters. The summed E-state index contributed by atoms with van der Waals surface area (Å²) in [5, 5.41) is 0.518. The summed E-state index contributed by atoms with van der Waals surface area (Å²) in [5.41, 5.74) is 6.96. The van der Waals surface area contributed by atoms with Crippen LogP contribution >= 0.6 is 0 Å². The Bertz CT molecular complexity index is 796. The van der Waals surface area contributed by atoms with Crippen LogP contribution in [0.2, 0.25) is 0 Å². The number of nitrogens with zero attached hydrogens (tertiary/aromatic N) is 1. The minimum atomic E-state index is -4.50. The molecule has 106 valence electrons. The first-order valence-corrected chi connectivity index (χ1v) is 6.28. The van der Waals surface area contributed by atoms with E-state index in [4.69, 9.17) is 5.73 Å². The molecule has 2 nitrogen and oxygen atoms in total. The number of benzene rings is 2. The molecule has 0 bridgehead atoms. The number of nitrogens with two attached hydrogens (primary N) is 1. The first-order valence-electron chi connectivity index (χ1n) is 6.28. The molecule has 3 rings (SSSR count). The third-order valence-electron chi connectivity index (χ3n) is 3.24. The van der Waals surface area contributed by atoms with Crippen LogP contribution in [0.3, 0.4) is 0 Å². The van der Waals surface area contributed by atoms with Crippen LogP contribution in [-0.2, 0) is 6.18 Å². The van der Waals surface area contributed by atoms with E-state index in [1.165, 1.54) is 0 Å². The highest BCUT2D eigenvalue weighted by Gasteiger charge is 2.33. The van der Waals surface area contributed by atoms with Crippen LogP contribution in [0, 0.1) is 0 Å². The number of aromatic nitrogens is 1. The van der Waals surface area contributed by atoms with Crippen LogP contribution < -0.4 is 5.73 Å². The summed E-state index contributed by atoms with van der Waals surface area (Å²) in [6.07, 6.45) is -4.50. The van der Waals surface area contributed by atoms with Gasteiger partial charge in [0.15, 0.2) is 0 Å². The molecule has 0 saturated heterocycles. The number of anilines is 1. The third-order valence-corrected chi connectivity index (χ3v) is 3.24. The Morgan fingerprint density at radius 1 is 0.857 bits per heavy atom. The smallest absolute Gasteiger partial charge is 0.398 e. The van der Waals surface area contributed by atoms with Crippen LogP contribution in [0.25, 0.3) is 22.0 Å². The van der Waals surface area contributed by atoms with Gasteiger partial charge in [-0.25, -0.2) is 4.98 Å². The van der Waals surface area contributed by atoms with Crippen LogP contribution in [0.15, 0.2) is 54.6 Å². The van der Waals surface area contributed by atoms with E-state index in [1.54, 1.807) is 18.2 Å². The summed E-state index contributed by atoms with van der Waals surface area (Å²) in [6.45, 7) is 0. The quantitative estimate of drug-likeness (QED) is 0.716. The van der Waals surface area contributed by atoms with E-state index >= 15 is 0 Å². The summed E-state index contributed by atoms with van der Waals surface area (Å²) in [5.74, 6) is 0. The maximum Gasteiger partial charge on any atom is 0.433 e. The SMILES string of the molecule is Nc1cc(C(F)(F)F)nc2ccc(-c3ccccc3)cc12. The molecule has 0 aliphatic heterocycles. The van der Waals surface area contributed by atoms with Crippen LogP contribution in [-0.4, -0.2) is 4.98 Å².